The van der Waals surface area contributed by atoms with Crippen molar-refractivity contribution in [3.8, 4) is 11.1 Å². The molecule has 0 amide bonds. The van der Waals surface area contributed by atoms with E-state index in [4.69, 9.17) is 0 Å². The van der Waals surface area contributed by atoms with Gasteiger partial charge in [0, 0.05) is 21.9 Å². The van der Waals surface area contributed by atoms with Crippen molar-refractivity contribution >= 4 is 22.6 Å². The van der Waals surface area contributed by atoms with Crippen LogP contribution in [0.1, 0.15) is 26.7 Å². The Morgan fingerprint density at radius 2 is 1.89 bits per heavy atom. The van der Waals surface area contributed by atoms with Gasteiger partial charge >= 0.3 is 0 Å². The molecule has 0 fully saturated rings. The molecule has 1 aromatic heterocycles. The van der Waals surface area contributed by atoms with E-state index in [1.165, 1.54) is 27.5 Å². The molecule has 0 saturated heterocycles. The van der Waals surface area contributed by atoms with E-state index >= 15 is 0 Å². The Kier molecular flexibility index (Phi) is 4.80. The zero-order chi connectivity index (χ0) is 13.0. The molecule has 2 rings (SSSR count). The molecule has 0 atom stereocenters. The first-order chi connectivity index (χ1) is 8.65. The minimum absolute atomic E-state index is 0.774. The molecule has 0 unspecified atom stereocenters. The number of aromatic nitrogens is 2. The first-order valence-electron chi connectivity index (χ1n) is 6.43. The molecular formula is C15H19IN2. The van der Waals surface area contributed by atoms with E-state index in [-0.39, 0.29) is 0 Å². The van der Waals surface area contributed by atoms with Crippen LogP contribution >= 0.6 is 22.6 Å². The van der Waals surface area contributed by atoms with Crippen LogP contribution in [-0.4, -0.2) is 9.78 Å². The highest BCUT2D eigenvalue weighted by molar-refractivity contribution is 14.1. The molecule has 0 aliphatic rings. The Hall–Kier alpha value is -0.840. The second-order valence-corrected chi connectivity index (χ2v) is 6.28. The lowest BCUT2D eigenvalue weighted by Crippen LogP contribution is -1.99. The van der Waals surface area contributed by atoms with Crippen LogP contribution in [-0.2, 0) is 6.54 Å². The maximum absolute atomic E-state index is 4.43. The van der Waals surface area contributed by atoms with Gasteiger partial charge in [0.2, 0.25) is 0 Å². The average molecular weight is 354 g/mol. The van der Waals surface area contributed by atoms with Gasteiger partial charge in [0.1, 0.15) is 0 Å². The number of nitrogens with zero attached hydrogens (tertiary/aromatic N) is 2. The van der Waals surface area contributed by atoms with E-state index in [9.17, 15) is 0 Å². The Balaban J connectivity index is 1.99. The SMILES string of the molecule is CC(C)CCCn1cc(-c2ccc(I)cc2)cn1. The molecule has 0 radical (unpaired) electrons. The lowest BCUT2D eigenvalue weighted by molar-refractivity contribution is 0.490. The summed E-state index contributed by atoms with van der Waals surface area (Å²) in [4.78, 5) is 0. The van der Waals surface area contributed by atoms with Gasteiger partial charge in [-0.3, -0.25) is 4.68 Å². The molecule has 0 saturated carbocycles. The van der Waals surface area contributed by atoms with Crippen LogP contribution in [0.15, 0.2) is 36.7 Å². The molecule has 18 heavy (non-hydrogen) atoms. The lowest BCUT2D eigenvalue weighted by atomic mass is 10.1. The first kappa shape index (κ1) is 13.6. The van der Waals surface area contributed by atoms with Crippen molar-refractivity contribution in [2.24, 2.45) is 5.92 Å². The second kappa shape index (κ2) is 6.36. The van der Waals surface area contributed by atoms with E-state index < -0.39 is 0 Å². The third kappa shape index (κ3) is 3.83. The largest absolute Gasteiger partial charge is 0.272 e. The summed E-state index contributed by atoms with van der Waals surface area (Å²) in [7, 11) is 0. The van der Waals surface area contributed by atoms with Gasteiger partial charge < -0.3 is 0 Å². The fourth-order valence-electron chi connectivity index (χ4n) is 1.94. The van der Waals surface area contributed by atoms with Crippen LogP contribution in [0.4, 0.5) is 0 Å². The summed E-state index contributed by atoms with van der Waals surface area (Å²) < 4.78 is 3.32. The number of rotatable bonds is 5. The van der Waals surface area contributed by atoms with Crippen molar-refractivity contribution in [1.29, 1.82) is 0 Å². The standard InChI is InChI=1S/C15H19IN2/c1-12(2)4-3-9-18-11-14(10-17-18)13-5-7-15(16)8-6-13/h5-8,10-12H,3-4,9H2,1-2H3. The summed E-state index contributed by atoms with van der Waals surface area (Å²) in [5.74, 6) is 0.774. The smallest absolute Gasteiger partial charge is 0.0568 e. The Labute approximate surface area is 123 Å². The van der Waals surface area contributed by atoms with Gasteiger partial charge in [-0.1, -0.05) is 26.0 Å². The minimum Gasteiger partial charge on any atom is -0.272 e. The quantitative estimate of drug-likeness (QED) is 0.718. The summed E-state index contributed by atoms with van der Waals surface area (Å²) in [6.45, 7) is 5.54. The molecule has 96 valence electrons. The molecule has 0 N–H and O–H groups in total. The summed E-state index contributed by atoms with van der Waals surface area (Å²) in [6, 6.07) is 8.56. The fraction of sp³-hybridized carbons (Fsp3) is 0.400. The normalized spacial score (nSPS) is 11.1. The highest BCUT2D eigenvalue weighted by Gasteiger charge is 2.02. The van der Waals surface area contributed by atoms with Gasteiger partial charge in [0.05, 0.1) is 6.20 Å². The molecule has 2 nitrogen and oxygen atoms in total. The lowest BCUT2D eigenvalue weighted by Gasteiger charge is -2.04. The van der Waals surface area contributed by atoms with E-state index in [0.717, 1.165) is 12.5 Å². The molecule has 0 bridgehead atoms. The molecule has 0 aliphatic carbocycles. The first-order valence-corrected chi connectivity index (χ1v) is 7.51. The molecule has 2 aromatic rings. The number of hydrogen-bond acceptors (Lipinski definition) is 1. The van der Waals surface area contributed by atoms with Gasteiger partial charge in [0.15, 0.2) is 0 Å². The molecule has 0 spiro atoms. The van der Waals surface area contributed by atoms with Crippen molar-refractivity contribution < 1.29 is 0 Å². The summed E-state index contributed by atoms with van der Waals surface area (Å²) in [5.41, 5.74) is 2.45. The van der Waals surface area contributed by atoms with E-state index in [2.05, 4.69) is 76.7 Å². The van der Waals surface area contributed by atoms with Crippen LogP contribution in [0.2, 0.25) is 0 Å². The number of benzene rings is 1. The zero-order valence-electron chi connectivity index (χ0n) is 10.9. The van der Waals surface area contributed by atoms with E-state index in [0.29, 0.717) is 0 Å². The van der Waals surface area contributed by atoms with E-state index in [1.54, 1.807) is 0 Å². The number of halogens is 1. The van der Waals surface area contributed by atoms with Crippen molar-refractivity contribution in [3.05, 3.63) is 40.2 Å². The highest BCUT2D eigenvalue weighted by Crippen LogP contribution is 2.20. The molecule has 0 aliphatic heterocycles. The maximum atomic E-state index is 4.43. The fourth-order valence-corrected chi connectivity index (χ4v) is 2.30. The van der Waals surface area contributed by atoms with Gasteiger partial charge in [-0.25, -0.2) is 0 Å². The van der Waals surface area contributed by atoms with Gasteiger partial charge in [0.25, 0.3) is 0 Å². The predicted molar refractivity (Wildman–Crippen MR) is 84.5 cm³/mol. The van der Waals surface area contributed by atoms with E-state index in [1.807, 2.05) is 6.20 Å². The van der Waals surface area contributed by atoms with Crippen molar-refractivity contribution in [1.82, 2.24) is 9.78 Å². The number of aryl methyl sites for hydroxylation is 1. The Bertz CT molecular complexity index is 485. The van der Waals surface area contributed by atoms with Crippen LogP contribution in [0.3, 0.4) is 0 Å². The topological polar surface area (TPSA) is 17.8 Å². The van der Waals surface area contributed by atoms with Crippen molar-refractivity contribution in [2.75, 3.05) is 0 Å². The Morgan fingerprint density at radius 3 is 2.56 bits per heavy atom. The molecule has 1 heterocycles. The second-order valence-electron chi connectivity index (χ2n) is 5.04. The van der Waals surface area contributed by atoms with Crippen molar-refractivity contribution in [2.45, 2.75) is 33.2 Å². The predicted octanol–water partition coefficient (Wildman–Crippen LogP) is 4.59. The monoisotopic (exact) mass is 354 g/mol. The third-order valence-corrected chi connectivity index (χ3v) is 3.70. The van der Waals surface area contributed by atoms with Gasteiger partial charge in [-0.15, -0.1) is 0 Å². The maximum Gasteiger partial charge on any atom is 0.0568 e. The minimum atomic E-state index is 0.774. The summed E-state index contributed by atoms with van der Waals surface area (Å²) in [6.07, 6.45) is 6.56. The average Bonchev–Trinajstić information content (AvgIpc) is 2.78. The molecule has 3 heteroatoms. The highest BCUT2D eigenvalue weighted by atomic mass is 127. The Morgan fingerprint density at radius 1 is 1.17 bits per heavy atom. The van der Waals surface area contributed by atoms with Crippen LogP contribution in [0.5, 0.6) is 0 Å². The number of hydrogen-bond donors (Lipinski definition) is 0. The molecule has 1 aromatic carbocycles. The molecular weight excluding hydrogens is 335 g/mol. The summed E-state index contributed by atoms with van der Waals surface area (Å²) >= 11 is 2.32. The van der Waals surface area contributed by atoms with Crippen LogP contribution in [0.25, 0.3) is 11.1 Å². The zero-order valence-corrected chi connectivity index (χ0v) is 13.1. The van der Waals surface area contributed by atoms with Gasteiger partial charge in [-0.05, 0) is 59.0 Å². The summed E-state index contributed by atoms with van der Waals surface area (Å²) in [5, 5.41) is 4.43. The third-order valence-electron chi connectivity index (χ3n) is 2.98. The van der Waals surface area contributed by atoms with Gasteiger partial charge in [-0.2, -0.15) is 5.10 Å². The van der Waals surface area contributed by atoms with Crippen LogP contribution in [0, 0.1) is 9.49 Å². The van der Waals surface area contributed by atoms with Crippen LogP contribution < -0.4 is 0 Å². The van der Waals surface area contributed by atoms with Crippen molar-refractivity contribution in [3.63, 3.8) is 0 Å².